The van der Waals surface area contributed by atoms with Crippen LogP contribution in [0.25, 0.3) is 60.9 Å². The molecule has 0 atom stereocenters. The van der Waals surface area contributed by atoms with E-state index in [0.29, 0.717) is 0 Å². The second-order valence-electron chi connectivity index (χ2n) is 9.26. The summed E-state index contributed by atoms with van der Waals surface area (Å²) in [5.74, 6) is 0. The van der Waals surface area contributed by atoms with Crippen LogP contribution in [0.1, 0.15) is 0 Å². The maximum absolute atomic E-state index is 3.72. The van der Waals surface area contributed by atoms with Crippen molar-refractivity contribution in [2.24, 2.45) is 0 Å². The number of nitrogens with zero attached hydrogens (tertiary/aromatic N) is 1. The molecule has 1 nitrogen and oxygen atoms in total. The predicted octanol–water partition coefficient (Wildman–Crippen LogP) is 9.39. The average molecular weight is 708 g/mol. The van der Waals surface area contributed by atoms with Gasteiger partial charge in [0.1, 0.15) is 0 Å². The van der Waals surface area contributed by atoms with Gasteiger partial charge in [-0.1, -0.05) is 84.2 Å². The minimum atomic E-state index is 0. The van der Waals surface area contributed by atoms with Gasteiger partial charge in [-0.3, -0.25) is 0 Å². The third kappa shape index (κ3) is 4.41. The van der Waals surface area contributed by atoms with Crippen molar-refractivity contribution >= 4 is 21.8 Å². The van der Waals surface area contributed by atoms with E-state index in [0.717, 1.165) is 27.7 Å². The SMILES string of the molecule is [U+2].[c-]1ccccc1-c1[c-]c2c3ccccc3n(-c3cc(-c4ccccc4)cc(-c4ccccc4)c3)c2cc1. The topological polar surface area (TPSA) is 4.93 Å². The zero-order chi connectivity index (χ0) is 24.6. The molecule has 0 aliphatic rings. The quantitative estimate of drug-likeness (QED) is 0.161. The van der Waals surface area contributed by atoms with Crippen LogP contribution in [0, 0.1) is 43.2 Å². The minimum absolute atomic E-state index is 0. The van der Waals surface area contributed by atoms with Crippen LogP contribution in [0.3, 0.4) is 0 Å². The van der Waals surface area contributed by atoms with Crippen molar-refractivity contribution < 1.29 is 31.1 Å². The summed E-state index contributed by atoms with van der Waals surface area (Å²) < 4.78 is 2.37. The van der Waals surface area contributed by atoms with Gasteiger partial charge in [-0.25, -0.2) is 5.56 Å². The van der Waals surface area contributed by atoms with Crippen molar-refractivity contribution in [1.29, 1.82) is 0 Å². The molecule has 0 aliphatic heterocycles. The van der Waals surface area contributed by atoms with Crippen LogP contribution in [0.5, 0.6) is 0 Å². The Morgan fingerprint density at radius 1 is 0.474 bits per heavy atom. The zero-order valence-electron chi connectivity index (χ0n) is 20.7. The van der Waals surface area contributed by atoms with Gasteiger partial charge in [-0.2, -0.15) is 42.0 Å². The average Bonchev–Trinajstić information content (AvgIpc) is 3.32. The number of para-hydroxylation sites is 1. The Hall–Kier alpha value is -3.83. The van der Waals surface area contributed by atoms with Crippen molar-refractivity contribution in [3.8, 4) is 39.1 Å². The Kier molecular flexibility index (Phi) is 6.77. The summed E-state index contributed by atoms with van der Waals surface area (Å²) in [5.41, 5.74) is 10.4. The molecule has 6 aromatic carbocycles. The Labute approximate surface area is 246 Å². The van der Waals surface area contributed by atoms with Gasteiger partial charge >= 0.3 is 31.1 Å². The Morgan fingerprint density at radius 3 is 1.76 bits per heavy atom. The van der Waals surface area contributed by atoms with Crippen molar-refractivity contribution in [3.63, 3.8) is 0 Å². The third-order valence-corrected chi connectivity index (χ3v) is 6.97. The van der Waals surface area contributed by atoms with Crippen molar-refractivity contribution in [1.82, 2.24) is 4.57 Å². The Bertz CT molecular complexity index is 1800. The van der Waals surface area contributed by atoms with Gasteiger partial charge < -0.3 is 4.57 Å². The molecule has 2 heteroatoms. The second kappa shape index (κ2) is 10.5. The number of hydrogen-bond donors (Lipinski definition) is 0. The summed E-state index contributed by atoms with van der Waals surface area (Å²) in [4.78, 5) is 0. The van der Waals surface area contributed by atoms with Gasteiger partial charge in [0.05, 0.1) is 0 Å². The van der Waals surface area contributed by atoms with Crippen molar-refractivity contribution in [2.75, 3.05) is 0 Å². The number of hydrogen-bond acceptors (Lipinski definition) is 0. The maximum Gasteiger partial charge on any atom is 2.00 e. The fourth-order valence-electron chi connectivity index (χ4n) is 5.22. The molecule has 7 rings (SSSR count). The van der Waals surface area contributed by atoms with Crippen LogP contribution >= 0.6 is 0 Å². The first-order valence-corrected chi connectivity index (χ1v) is 12.5. The van der Waals surface area contributed by atoms with Crippen LogP contribution in [0.15, 0.2) is 140 Å². The fraction of sp³-hybridized carbons (Fsp3) is 0. The Balaban J connectivity index is 0.00000264. The molecule has 7 aromatic rings. The van der Waals surface area contributed by atoms with E-state index in [1.54, 1.807) is 0 Å². The van der Waals surface area contributed by atoms with Gasteiger partial charge in [0.25, 0.3) is 0 Å². The molecule has 0 saturated carbocycles. The van der Waals surface area contributed by atoms with E-state index in [2.05, 4.69) is 138 Å². The van der Waals surface area contributed by atoms with E-state index in [9.17, 15) is 0 Å². The van der Waals surface area contributed by atoms with Gasteiger partial charge in [-0.15, -0.1) is 17.5 Å². The Morgan fingerprint density at radius 2 is 1.11 bits per heavy atom. The molecule has 0 N–H and O–H groups in total. The number of aromatic nitrogens is 1. The third-order valence-electron chi connectivity index (χ3n) is 6.97. The molecule has 0 radical (unpaired) electrons. The van der Waals surface area contributed by atoms with Gasteiger partial charge in [-0.05, 0) is 52.0 Å². The summed E-state index contributed by atoms with van der Waals surface area (Å²) in [6, 6.07) is 56.3. The van der Waals surface area contributed by atoms with Crippen LogP contribution < -0.4 is 0 Å². The van der Waals surface area contributed by atoms with Crippen LogP contribution in [-0.4, -0.2) is 4.57 Å². The molecule has 176 valence electrons. The second-order valence-corrected chi connectivity index (χ2v) is 9.26. The number of benzene rings is 6. The van der Waals surface area contributed by atoms with Gasteiger partial charge in [0.15, 0.2) is 0 Å². The molecule has 0 bridgehead atoms. The van der Waals surface area contributed by atoms with E-state index < -0.39 is 0 Å². The minimum Gasteiger partial charge on any atom is -0.349 e. The van der Waals surface area contributed by atoms with Gasteiger partial charge in [0, 0.05) is 11.2 Å². The fourth-order valence-corrected chi connectivity index (χ4v) is 5.22. The summed E-state index contributed by atoms with van der Waals surface area (Å²) >= 11 is 0. The molecular weight excluding hydrogens is 684 g/mol. The molecule has 0 aliphatic carbocycles. The van der Waals surface area contributed by atoms with E-state index in [-0.39, 0.29) is 31.1 Å². The molecule has 0 saturated heterocycles. The summed E-state index contributed by atoms with van der Waals surface area (Å²) in [5, 5.41) is 2.32. The summed E-state index contributed by atoms with van der Waals surface area (Å²) in [7, 11) is 0. The summed E-state index contributed by atoms with van der Waals surface area (Å²) in [6.07, 6.45) is 0. The number of fused-ring (bicyclic) bond motifs is 3. The molecule has 38 heavy (non-hydrogen) atoms. The first kappa shape index (κ1) is 24.5. The normalized spacial score (nSPS) is 10.9. The smallest absolute Gasteiger partial charge is 0.349 e. The first-order valence-electron chi connectivity index (χ1n) is 12.5. The van der Waals surface area contributed by atoms with Gasteiger partial charge in [0.2, 0.25) is 0 Å². The van der Waals surface area contributed by atoms with E-state index >= 15 is 0 Å². The van der Waals surface area contributed by atoms with Crippen molar-refractivity contribution in [2.45, 2.75) is 0 Å². The van der Waals surface area contributed by atoms with Crippen LogP contribution in [-0.2, 0) is 0 Å². The first-order chi connectivity index (χ1) is 18.3. The predicted molar refractivity (Wildman–Crippen MR) is 155 cm³/mol. The van der Waals surface area contributed by atoms with E-state index in [1.165, 1.54) is 33.2 Å². The van der Waals surface area contributed by atoms with E-state index in [4.69, 9.17) is 0 Å². The molecule has 1 heterocycles. The molecule has 0 amide bonds. The molecule has 0 fully saturated rings. The molecule has 0 unspecified atom stereocenters. The largest absolute Gasteiger partial charge is 2.00 e. The number of rotatable bonds is 4. The standard InChI is InChI=1S/C36H23N.U/c1-4-12-26(13-5-1)29-20-21-36-34(25-29)33-18-10-11-19-35(33)37(36)32-23-30(27-14-6-2-7-15-27)22-31(24-32)28-16-8-3-9-17-28;/h1-12,14-24H;/q-2;+2. The summed E-state index contributed by atoms with van der Waals surface area (Å²) in [6.45, 7) is 0. The van der Waals surface area contributed by atoms with Crippen molar-refractivity contribution in [3.05, 3.63) is 152 Å². The van der Waals surface area contributed by atoms with Crippen LogP contribution in [0.4, 0.5) is 0 Å². The molecular formula is C36H23NU. The molecule has 0 spiro atoms. The van der Waals surface area contributed by atoms with Crippen LogP contribution in [0.2, 0.25) is 0 Å². The zero-order valence-corrected chi connectivity index (χ0v) is 24.9. The monoisotopic (exact) mass is 707 g/mol. The van der Waals surface area contributed by atoms with E-state index in [1.807, 2.05) is 18.2 Å². The molecule has 1 aromatic heterocycles. The maximum atomic E-state index is 3.72.